The normalized spacial score (nSPS) is 17.8. The number of hydrogen-bond donors (Lipinski definition) is 2. The van der Waals surface area contributed by atoms with E-state index in [-0.39, 0.29) is 11.8 Å². The van der Waals surface area contributed by atoms with Crippen LogP contribution in [0, 0.1) is 0 Å². The van der Waals surface area contributed by atoms with Gasteiger partial charge >= 0.3 is 0 Å². The zero-order chi connectivity index (χ0) is 25.9. The van der Waals surface area contributed by atoms with Crippen molar-refractivity contribution in [3.63, 3.8) is 0 Å². The van der Waals surface area contributed by atoms with Gasteiger partial charge in [0.25, 0.3) is 0 Å². The van der Waals surface area contributed by atoms with Crippen LogP contribution < -0.4 is 15.0 Å². The molecule has 0 bridgehead atoms. The number of imidazole rings is 1. The first kappa shape index (κ1) is 23.0. The van der Waals surface area contributed by atoms with Gasteiger partial charge in [-0.1, -0.05) is 12.1 Å². The lowest BCUT2D eigenvalue weighted by atomic mass is 10.1. The lowest BCUT2D eigenvalue weighted by Gasteiger charge is -2.45. The second-order valence-corrected chi connectivity index (χ2v) is 11.8. The second-order valence-electron chi connectivity index (χ2n) is 9.53. The first-order valence-electron chi connectivity index (χ1n) is 12.5. The predicted molar refractivity (Wildman–Crippen MR) is 145 cm³/mol. The lowest BCUT2D eigenvalue weighted by Crippen LogP contribution is -2.58. The van der Waals surface area contributed by atoms with Crippen LogP contribution in [0.4, 0.5) is 17.2 Å². The van der Waals surface area contributed by atoms with Gasteiger partial charge in [-0.05, 0) is 25.1 Å². The highest BCUT2D eigenvalue weighted by Gasteiger charge is 2.36. The third kappa shape index (κ3) is 3.84. The average Bonchev–Trinajstić information content (AvgIpc) is 3.61. The molecule has 0 radical (unpaired) electrons. The van der Waals surface area contributed by atoms with Crippen LogP contribution in [-0.4, -0.2) is 75.3 Å². The van der Waals surface area contributed by atoms with Crippen molar-refractivity contribution in [2.75, 3.05) is 42.2 Å². The summed E-state index contributed by atoms with van der Waals surface area (Å²) in [5.41, 5.74) is 5.22. The molecule has 0 spiro atoms. The summed E-state index contributed by atoms with van der Waals surface area (Å²) in [7, 11) is -3.21. The Morgan fingerprint density at radius 1 is 1.18 bits per heavy atom. The van der Waals surface area contributed by atoms with Crippen molar-refractivity contribution >= 4 is 43.8 Å². The molecule has 2 aliphatic rings. The van der Waals surface area contributed by atoms with E-state index < -0.39 is 10.0 Å². The maximum absolute atomic E-state index is 12.4. The van der Waals surface area contributed by atoms with Gasteiger partial charge in [0.2, 0.25) is 10.0 Å². The topological polar surface area (TPSA) is 121 Å². The van der Waals surface area contributed by atoms with Gasteiger partial charge in [-0.25, -0.2) is 18.4 Å². The number of H-pyrrole nitrogens is 1. The van der Waals surface area contributed by atoms with Crippen LogP contribution in [0.25, 0.3) is 27.8 Å². The number of anilines is 3. The zero-order valence-electron chi connectivity index (χ0n) is 20.7. The summed E-state index contributed by atoms with van der Waals surface area (Å²) in [5, 5.41) is 11.6. The summed E-state index contributed by atoms with van der Waals surface area (Å²) in [6, 6.07) is 12.0. The fraction of sp³-hybridized carbons (Fsp3) is 0.269. The van der Waals surface area contributed by atoms with E-state index in [1.165, 1.54) is 0 Å². The van der Waals surface area contributed by atoms with Crippen molar-refractivity contribution in [2.24, 2.45) is 0 Å². The molecule has 1 saturated heterocycles. The standard InChI is InChI=1S/C26H26N8O3S/c1-2-38(35,36)33-9-10-34-20(14-33)16-37-24-12-19(5-6-23(24)34)29-25-26-27-7-8-32(26)15-22(30-25)17-3-4-18-13-28-31-21(18)11-17/h3-8,11-13,15,20H,2,9-10,14,16H2,1H3,(H,28,31)(H,29,30)/t20-/m1/s1. The summed E-state index contributed by atoms with van der Waals surface area (Å²) >= 11 is 0. The number of aromatic nitrogens is 5. The van der Waals surface area contributed by atoms with E-state index in [2.05, 4.69) is 25.4 Å². The van der Waals surface area contributed by atoms with Crippen molar-refractivity contribution < 1.29 is 13.2 Å². The molecule has 11 nitrogen and oxygen atoms in total. The average molecular weight is 531 g/mol. The van der Waals surface area contributed by atoms with Crippen LogP contribution >= 0.6 is 0 Å². The maximum atomic E-state index is 12.4. The molecule has 3 aromatic heterocycles. The van der Waals surface area contributed by atoms with E-state index in [1.807, 2.05) is 53.2 Å². The third-order valence-electron chi connectivity index (χ3n) is 7.28. The van der Waals surface area contributed by atoms with Gasteiger partial charge in [-0.2, -0.15) is 9.40 Å². The molecule has 12 heteroatoms. The van der Waals surface area contributed by atoms with Crippen molar-refractivity contribution in [1.82, 2.24) is 28.9 Å². The predicted octanol–water partition coefficient (Wildman–Crippen LogP) is 3.25. The molecule has 0 saturated carbocycles. The highest BCUT2D eigenvalue weighted by atomic mass is 32.2. The highest BCUT2D eigenvalue weighted by Crippen LogP contribution is 2.38. The summed E-state index contributed by atoms with van der Waals surface area (Å²) in [4.78, 5) is 11.7. The fourth-order valence-electron chi connectivity index (χ4n) is 5.24. The van der Waals surface area contributed by atoms with Gasteiger partial charge in [0.15, 0.2) is 11.5 Å². The molecule has 0 amide bonds. The number of benzene rings is 2. The van der Waals surface area contributed by atoms with Gasteiger partial charge in [0.1, 0.15) is 12.4 Å². The van der Waals surface area contributed by atoms with Gasteiger partial charge < -0.3 is 19.4 Å². The van der Waals surface area contributed by atoms with Crippen LogP contribution in [0.3, 0.4) is 0 Å². The van der Waals surface area contributed by atoms with E-state index in [1.54, 1.807) is 23.6 Å². The molecule has 2 aliphatic heterocycles. The Bertz CT molecular complexity index is 1780. The molecule has 5 heterocycles. The Labute approximate surface area is 219 Å². The van der Waals surface area contributed by atoms with E-state index in [0.29, 0.717) is 37.7 Å². The number of aromatic amines is 1. The lowest BCUT2D eigenvalue weighted by molar-refractivity contribution is 0.216. The van der Waals surface area contributed by atoms with Crippen LogP contribution in [0.5, 0.6) is 5.75 Å². The van der Waals surface area contributed by atoms with E-state index in [4.69, 9.17) is 9.72 Å². The Morgan fingerprint density at radius 3 is 3.00 bits per heavy atom. The molecule has 2 aromatic carbocycles. The minimum absolute atomic E-state index is 0.00788. The quantitative estimate of drug-likeness (QED) is 0.355. The van der Waals surface area contributed by atoms with E-state index >= 15 is 0 Å². The molecule has 1 fully saturated rings. The van der Waals surface area contributed by atoms with Crippen molar-refractivity contribution in [1.29, 1.82) is 0 Å². The summed E-state index contributed by atoms with van der Waals surface area (Å²) in [6.45, 7) is 3.66. The maximum Gasteiger partial charge on any atom is 0.213 e. The number of sulfonamides is 1. The van der Waals surface area contributed by atoms with Gasteiger partial charge in [-0.15, -0.1) is 0 Å². The Hall–Kier alpha value is -4.16. The summed E-state index contributed by atoms with van der Waals surface area (Å²) in [6.07, 6.45) is 7.40. The molecular formula is C26H26N8O3S. The zero-order valence-corrected chi connectivity index (χ0v) is 21.5. The van der Waals surface area contributed by atoms with Gasteiger partial charge in [0.05, 0.1) is 34.9 Å². The molecule has 2 N–H and O–H groups in total. The smallest absolute Gasteiger partial charge is 0.213 e. The fourth-order valence-corrected chi connectivity index (χ4v) is 6.36. The number of nitrogens with zero attached hydrogens (tertiary/aromatic N) is 6. The molecule has 5 aromatic rings. The largest absolute Gasteiger partial charge is 0.489 e. The molecule has 1 atom stereocenters. The number of hydrogen-bond acceptors (Lipinski definition) is 8. The molecule has 7 rings (SSSR count). The second kappa shape index (κ2) is 8.71. The third-order valence-corrected chi connectivity index (χ3v) is 9.13. The SMILES string of the molecule is CCS(=O)(=O)N1CCN2c3ccc(Nc4nc(-c5ccc6cn[nH]c6c5)cn5ccnc45)cc3OC[C@H]2C1. The van der Waals surface area contributed by atoms with E-state index in [9.17, 15) is 8.42 Å². The molecule has 0 aliphatic carbocycles. The van der Waals surface area contributed by atoms with E-state index in [0.717, 1.165) is 39.3 Å². The van der Waals surface area contributed by atoms with Crippen LogP contribution in [-0.2, 0) is 10.0 Å². The Balaban J connectivity index is 1.18. The molecule has 38 heavy (non-hydrogen) atoms. The number of piperazine rings is 1. The van der Waals surface area contributed by atoms with Gasteiger partial charge in [0, 0.05) is 60.9 Å². The summed E-state index contributed by atoms with van der Waals surface area (Å²) < 4.78 is 34.4. The van der Waals surface area contributed by atoms with Crippen LogP contribution in [0.2, 0.25) is 0 Å². The first-order valence-corrected chi connectivity index (χ1v) is 14.1. The molecule has 0 unspecified atom stereocenters. The summed E-state index contributed by atoms with van der Waals surface area (Å²) in [5.74, 6) is 1.51. The minimum atomic E-state index is -3.21. The number of fused-ring (bicyclic) bond motifs is 5. The number of nitrogens with one attached hydrogen (secondary N) is 2. The monoisotopic (exact) mass is 530 g/mol. The van der Waals surface area contributed by atoms with Crippen LogP contribution in [0.15, 0.2) is 61.2 Å². The van der Waals surface area contributed by atoms with Crippen LogP contribution in [0.1, 0.15) is 6.92 Å². The van der Waals surface area contributed by atoms with Crippen molar-refractivity contribution in [3.8, 4) is 17.0 Å². The number of rotatable bonds is 5. The Morgan fingerprint density at radius 2 is 2.11 bits per heavy atom. The first-order chi connectivity index (χ1) is 18.5. The minimum Gasteiger partial charge on any atom is -0.489 e. The molecule has 194 valence electrons. The Kier molecular flexibility index (Phi) is 5.27. The van der Waals surface area contributed by atoms with Gasteiger partial charge in [-0.3, -0.25) is 5.10 Å². The highest BCUT2D eigenvalue weighted by molar-refractivity contribution is 7.89. The van der Waals surface area contributed by atoms with Crippen molar-refractivity contribution in [2.45, 2.75) is 13.0 Å². The molecular weight excluding hydrogens is 504 g/mol. The number of ether oxygens (including phenoxy) is 1. The van der Waals surface area contributed by atoms with Crippen molar-refractivity contribution in [3.05, 3.63) is 61.2 Å².